The molecule has 1 aromatic rings. The molecule has 106 valence electrons. The summed E-state index contributed by atoms with van der Waals surface area (Å²) in [5.74, 6) is -0.132. The third kappa shape index (κ3) is 3.45. The molecule has 4 heteroatoms. The number of methoxy groups -OCH3 is 1. The van der Waals surface area contributed by atoms with Crippen molar-refractivity contribution in [2.24, 2.45) is 0 Å². The number of halogens is 1. The van der Waals surface area contributed by atoms with Gasteiger partial charge in [0.2, 0.25) is 0 Å². The van der Waals surface area contributed by atoms with Gasteiger partial charge in [-0.2, -0.15) is 0 Å². The van der Waals surface area contributed by atoms with Crippen molar-refractivity contribution < 1.29 is 9.13 Å². The van der Waals surface area contributed by atoms with E-state index in [4.69, 9.17) is 4.74 Å². The SMILES string of the molecule is CCNCc1cccc(F)c1N1CCCC(OC)C1. The van der Waals surface area contributed by atoms with Gasteiger partial charge in [0, 0.05) is 26.7 Å². The van der Waals surface area contributed by atoms with E-state index >= 15 is 0 Å². The molecule has 1 aliphatic heterocycles. The van der Waals surface area contributed by atoms with Gasteiger partial charge in [0.25, 0.3) is 0 Å². The maximum atomic E-state index is 14.2. The number of anilines is 1. The Labute approximate surface area is 114 Å². The normalized spacial score (nSPS) is 19.7. The Kier molecular flexibility index (Phi) is 5.16. The second-order valence-electron chi connectivity index (χ2n) is 4.97. The summed E-state index contributed by atoms with van der Waals surface area (Å²) in [7, 11) is 1.73. The molecule has 0 bridgehead atoms. The molecular formula is C15H23FN2O. The summed E-state index contributed by atoms with van der Waals surface area (Å²) in [6, 6.07) is 5.32. The van der Waals surface area contributed by atoms with Gasteiger partial charge in [0.1, 0.15) is 5.82 Å². The van der Waals surface area contributed by atoms with Crippen LogP contribution in [-0.2, 0) is 11.3 Å². The smallest absolute Gasteiger partial charge is 0.146 e. The monoisotopic (exact) mass is 266 g/mol. The minimum absolute atomic E-state index is 0.132. The Hall–Kier alpha value is -1.13. The van der Waals surface area contributed by atoms with Crippen molar-refractivity contribution in [2.45, 2.75) is 32.4 Å². The molecular weight excluding hydrogens is 243 g/mol. The Morgan fingerprint density at radius 2 is 2.32 bits per heavy atom. The van der Waals surface area contributed by atoms with Gasteiger partial charge < -0.3 is 15.0 Å². The largest absolute Gasteiger partial charge is 0.380 e. The minimum Gasteiger partial charge on any atom is -0.380 e. The third-order valence-electron chi connectivity index (χ3n) is 3.66. The predicted octanol–water partition coefficient (Wildman–Crippen LogP) is 2.55. The first kappa shape index (κ1) is 14.3. The molecule has 3 nitrogen and oxygen atoms in total. The molecule has 2 rings (SSSR count). The Bertz CT molecular complexity index is 411. The molecule has 1 aliphatic rings. The zero-order valence-electron chi connectivity index (χ0n) is 11.8. The van der Waals surface area contributed by atoms with Crippen LogP contribution in [0.2, 0.25) is 0 Å². The molecule has 0 aromatic heterocycles. The number of para-hydroxylation sites is 1. The van der Waals surface area contributed by atoms with Crippen molar-refractivity contribution in [1.82, 2.24) is 5.32 Å². The molecule has 0 radical (unpaired) electrons. The average molecular weight is 266 g/mol. The Morgan fingerprint density at radius 3 is 3.05 bits per heavy atom. The van der Waals surface area contributed by atoms with Crippen molar-refractivity contribution >= 4 is 5.69 Å². The number of benzene rings is 1. The van der Waals surface area contributed by atoms with Crippen molar-refractivity contribution in [3.8, 4) is 0 Å². The fourth-order valence-corrected chi connectivity index (χ4v) is 2.65. The summed E-state index contributed by atoms with van der Waals surface area (Å²) in [5.41, 5.74) is 1.77. The summed E-state index contributed by atoms with van der Waals surface area (Å²) in [6.45, 7) is 5.33. The van der Waals surface area contributed by atoms with E-state index in [2.05, 4.69) is 17.1 Å². The molecule has 1 fully saturated rings. The van der Waals surface area contributed by atoms with Crippen LogP contribution in [0.1, 0.15) is 25.3 Å². The predicted molar refractivity (Wildman–Crippen MR) is 76.0 cm³/mol. The average Bonchev–Trinajstić information content (AvgIpc) is 2.45. The molecule has 19 heavy (non-hydrogen) atoms. The first-order chi connectivity index (χ1) is 9.26. The lowest BCUT2D eigenvalue weighted by atomic mass is 10.0. The highest BCUT2D eigenvalue weighted by molar-refractivity contribution is 5.55. The molecule has 0 aliphatic carbocycles. The van der Waals surface area contributed by atoms with Gasteiger partial charge in [-0.05, 0) is 31.0 Å². The van der Waals surface area contributed by atoms with E-state index in [9.17, 15) is 4.39 Å². The van der Waals surface area contributed by atoms with E-state index in [1.54, 1.807) is 19.2 Å². The van der Waals surface area contributed by atoms with Crippen LogP contribution in [0.15, 0.2) is 18.2 Å². The van der Waals surface area contributed by atoms with Crippen LogP contribution >= 0.6 is 0 Å². The molecule has 1 unspecified atom stereocenters. The summed E-state index contributed by atoms with van der Waals surface area (Å²) in [6.07, 6.45) is 2.32. The van der Waals surface area contributed by atoms with Gasteiger partial charge in [-0.1, -0.05) is 19.1 Å². The highest BCUT2D eigenvalue weighted by Gasteiger charge is 2.23. The van der Waals surface area contributed by atoms with Crippen LogP contribution in [0.3, 0.4) is 0 Å². The van der Waals surface area contributed by atoms with Crippen LogP contribution in [0.25, 0.3) is 0 Å². The molecule has 0 amide bonds. The van der Waals surface area contributed by atoms with Gasteiger partial charge in [0.15, 0.2) is 0 Å². The highest BCUT2D eigenvalue weighted by Crippen LogP contribution is 2.28. The topological polar surface area (TPSA) is 24.5 Å². The molecule has 1 atom stereocenters. The summed E-state index contributed by atoms with van der Waals surface area (Å²) < 4.78 is 19.6. The van der Waals surface area contributed by atoms with Crippen molar-refractivity contribution in [3.05, 3.63) is 29.6 Å². The number of ether oxygens (including phenoxy) is 1. The standard InChI is InChI=1S/C15H23FN2O/c1-3-17-10-12-6-4-8-14(16)15(12)18-9-5-7-13(11-18)19-2/h4,6,8,13,17H,3,5,7,9-11H2,1-2H3. The first-order valence-corrected chi connectivity index (χ1v) is 7.02. The van der Waals surface area contributed by atoms with E-state index in [0.29, 0.717) is 6.54 Å². The summed E-state index contributed by atoms with van der Waals surface area (Å²) >= 11 is 0. The zero-order valence-corrected chi connectivity index (χ0v) is 11.8. The van der Waals surface area contributed by atoms with Gasteiger partial charge >= 0.3 is 0 Å². The third-order valence-corrected chi connectivity index (χ3v) is 3.66. The van der Waals surface area contributed by atoms with Crippen LogP contribution < -0.4 is 10.2 Å². The summed E-state index contributed by atoms with van der Waals surface area (Å²) in [5, 5.41) is 3.27. The lowest BCUT2D eigenvalue weighted by Gasteiger charge is -2.35. The fourth-order valence-electron chi connectivity index (χ4n) is 2.65. The number of piperidine rings is 1. The van der Waals surface area contributed by atoms with Gasteiger partial charge in [-0.15, -0.1) is 0 Å². The highest BCUT2D eigenvalue weighted by atomic mass is 19.1. The van der Waals surface area contributed by atoms with Crippen molar-refractivity contribution in [1.29, 1.82) is 0 Å². The van der Waals surface area contributed by atoms with E-state index < -0.39 is 0 Å². The van der Waals surface area contributed by atoms with Crippen molar-refractivity contribution in [3.63, 3.8) is 0 Å². The number of hydrogen-bond acceptors (Lipinski definition) is 3. The zero-order chi connectivity index (χ0) is 13.7. The Morgan fingerprint density at radius 1 is 1.47 bits per heavy atom. The van der Waals surface area contributed by atoms with Crippen LogP contribution in [0, 0.1) is 5.82 Å². The number of nitrogens with one attached hydrogen (secondary N) is 1. The molecule has 0 saturated carbocycles. The van der Waals surface area contributed by atoms with Crippen LogP contribution in [0.4, 0.5) is 10.1 Å². The molecule has 1 aromatic carbocycles. The van der Waals surface area contributed by atoms with E-state index in [1.807, 2.05) is 6.07 Å². The molecule has 1 N–H and O–H groups in total. The van der Waals surface area contributed by atoms with E-state index in [1.165, 1.54) is 0 Å². The van der Waals surface area contributed by atoms with Crippen LogP contribution in [-0.4, -0.2) is 32.8 Å². The Balaban J connectivity index is 2.21. The molecule has 1 heterocycles. The van der Waals surface area contributed by atoms with Gasteiger partial charge in [-0.3, -0.25) is 0 Å². The first-order valence-electron chi connectivity index (χ1n) is 7.02. The maximum Gasteiger partial charge on any atom is 0.146 e. The fraction of sp³-hybridized carbons (Fsp3) is 0.600. The second kappa shape index (κ2) is 6.87. The lowest BCUT2D eigenvalue weighted by Crippen LogP contribution is -2.40. The van der Waals surface area contributed by atoms with Gasteiger partial charge in [0.05, 0.1) is 11.8 Å². The number of hydrogen-bond donors (Lipinski definition) is 1. The van der Waals surface area contributed by atoms with Crippen molar-refractivity contribution in [2.75, 3.05) is 31.6 Å². The maximum absolute atomic E-state index is 14.2. The molecule has 0 spiro atoms. The lowest BCUT2D eigenvalue weighted by molar-refractivity contribution is 0.0891. The minimum atomic E-state index is -0.132. The van der Waals surface area contributed by atoms with E-state index in [0.717, 1.165) is 43.7 Å². The summed E-state index contributed by atoms with van der Waals surface area (Å²) in [4.78, 5) is 2.12. The molecule has 1 saturated heterocycles. The van der Waals surface area contributed by atoms with Crippen LogP contribution in [0.5, 0.6) is 0 Å². The quantitative estimate of drug-likeness (QED) is 0.886. The number of nitrogens with zero attached hydrogens (tertiary/aromatic N) is 1. The van der Waals surface area contributed by atoms with Gasteiger partial charge in [-0.25, -0.2) is 4.39 Å². The second-order valence-corrected chi connectivity index (χ2v) is 4.97. The number of rotatable bonds is 5. The van der Waals surface area contributed by atoms with E-state index in [-0.39, 0.29) is 11.9 Å².